The van der Waals surface area contributed by atoms with Gasteiger partial charge in [-0.1, -0.05) is 19.1 Å². The number of benzene rings is 1. The van der Waals surface area contributed by atoms with Gasteiger partial charge >= 0.3 is 0 Å². The van der Waals surface area contributed by atoms with Crippen molar-refractivity contribution in [3.63, 3.8) is 0 Å². The molecule has 1 atom stereocenters. The molecule has 0 amide bonds. The molecule has 0 radical (unpaired) electrons. The molecule has 0 fully saturated rings. The lowest BCUT2D eigenvalue weighted by Gasteiger charge is -2.18. The minimum Gasteiger partial charge on any atom is -0.310 e. The number of hydrogen-bond acceptors (Lipinski definition) is 3. The minimum atomic E-state index is -3.15. The average Bonchev–Trinajstić information content (AvgIpc) is 2.78. The third-order valence-electron chi connectivity index (χ3n) is 3.56. The summed E-state index contributed by atoms with van der Waals surface area (Å²) in [6, 6.07) is 6.39. The van der Waals surface area contributed by atoms with E-state index in [2.05, 4.69) is 25.2 Å². The van der Waals surface area contributed by atoms with Crippen molar-refractivity contribution in [1.82, 2.24) is 5.32 Å². The first-order valence-electron chi connectivity index (χ1n) is 6.77. The molecule has 1 aliphatic rings. The van der Waals surface area contributed by atoms with Gasteiger partial charge in [0.05, 0.1) is 11.9 Å². The van der Waals surface area contributed by atoms with Crippen LogP contribution in [0.1, 0.15) is 37.4 Å². The van der Waals surface area contributed by atoms with E-state index in [0.29, 0.717) is 12.6 Å². The summed E-state index contributed by atoms with van der Waals surface area (Å²) in [5.41, 5.74) is 3.20. The third-order valence-corrected chi connectivity index (χ3v) is 4.74. The molecule has 0 bridgehead atoms. The largest absolute Gasteiger partial charge is 0.310 e. The second-order valence-electron chi connectivity index (χ2n) is 5.15. The zero-order valence-corrected chi connectivity index (χ0v) is 12.6. The van der Waals surface area contributed by atoms with Crippen molar-refractivity contribution in [2.24, 2.45) is 0 Å². The Kier molecular flexibility index (Phi) is 4.16. The molecular weight excluding hydrogens is 260 g/mol. The molecule has 1 aromatic rings. The highest BCUT2D eigenvalue weighted by Crippen LogP contribution is 2.32. The fourth-order valence-electron chi connectivity index (χ4n) is 2.48. The van der Waals surface area contributed by atoms with Crippen LogP contribution in [0.25, 0.3) is 0 Å². The van der Waals surface area contributed by atoms with Gasteiger partial charge in [-0.25, -0.2) is 8.42 Å². The van der Waals surface area contributed by atoms with Gasteiger partial charge in [0.25, 0.3) is 0 Å². The van der Waals surface area contributed by atoms with E-state index < -0.39 is 10.0 Å². The maximum Gasteiger partial charge on any atom is 0.232 e. The van der Waals surface area contributed by atoms with Crippen LogP contribution in [0, 0.1) is 0 Å². The number of sulfonamides is 1. The first kappa shape index (κ1) is 14.3. The van der Waals surface area contributed by atoms with Gasteiger partial charge in [0.15, 0.2) is 0 Å². The molecule has 1 N–H and O–H groups in total. The van der Waals surface area contributed by atoms with Gasteiger partial charge in [-0.15, -0.1) is 0 Å². The SMILES string of the molecule is CCCNC(C)c1ccc2c(c1)CCN2S(C)(=O)=O. The summed E-state index contributed by atoms with van der Waals surface area (Å²) in [5.74, 6) is 0. The van der Waals surface area contributed by atoms with Crippen LogP contribution in [0.2, 0.25) is 0 Å². The topological polar surface area (TPSA) is 49.4 Å². The van der Waals surface area contributed by atoms with Crippen LogP contribution in [-0.4, -0.2) is 27.8 Å². The van der Waals surface area contributed by atoms with E-state index in [0.717, 1.165) is 30.6 Å². The number of nitrogens with one attached hydrogen (secondary N) is 1. The van der Waals surface area contributed by atoms with E-state index in [1.54, 1.807) is 0 Å². The highest BCUT2D eigenvalue weighted by atomic mass is 32.2. The van der Waals surface area contributed by atoms with Crippen molar-refractivity contribution < 1.29 is 8.42 Å². The summed E-state index contributed by atoms with van der Waals surface area (Å²) in [5, 5.41) is 3.45. The van der Waals surface area contributed by atoms with Crippen molar-refractivity contribution in [2.45, 2.75) is 32.7 Å². The van der Waals surface area contributed by atoms with E-state index in [-0.39, 0.29) is 0 Å². The highest BCUT2D eigenvalue weighted by Gasteiger charge is 2.26. The Hall–Kier alpha value is -1.07. The smallest absolute Gasteiger partial charge is 0.232 e. The standard InChI is InChI=1S/C14H22N2O2S/c1-4-8-15-11(2)12-5-6-14-13(10-12)7-9-16(14)19(3,17)18/h5-6,10-11,15H,4,7-9H2,1-3H3. The zero-order chi connectivity index (χ0) is 14.0. The summed E-state index contributed by atoms with van der Waals surface area (Å²) < 4.78 is 24.8. The van der Waals surface area contributed by atoms with Crippen LogP contribution in [-0.2, 0) is 16.4 Å². The summed E-state index contributed by atoms with van der Waals surface area (Å²) in [7, 11) is -3.15. The Morgan fingerprint density at radius 3 is 2.79 bits per heavy atom. The molecule has 19 heavy (non-hydrogen) atoms. The Morgan fingerprint density at radius 2 is 2.16 bits per heavy atom. The summed E-state index contributed by atoms with van der Waals surface area (Å²) in [6.07, 6.45) is 3.18. The summed E-state index contributed by atoms with van der Waals surface area (Å²) in [4.78, 5) is 0. The van der Waals surface area contributed by atoms with E-state index in [1.165, 1.54) is 16.1 Å². The van der Waals surface area contributed by atoms with Crippen LogP contribution in [0.15, 0.2) is 18.2 Å². The van der Waals surface area contributed by atoms with Gasteiger partial charge in [-0.2, -0.15) is 0 Å². The van der Waals surface area contributed by atoms with Crippen LogP contribution in [0.5, 0.6) is 0 Å². The summed E-state index contributed by atoms with van der Waals surface area (Å²) >= 11 is 0. The number of nitrogens with zero attached hydrogens (tertiary/aromatic N) is 1. The predicted molar refractivity (Wildman–Crippen MR) is 79.0 cm³/mol. The van der Waals surface area contributed by atoms with E-state index in [9.17, 15) is 8.42 Å². The predicted octanol–water partition coefficient (Wildman–Crippen LogP) is 2.07. The van der Waals surface area contributed by atoms with Gasteiger partial charge in [-0.05, 0) is 43.5 Å². The molecule has 1 aromatic carbocycles. The Bertz CT molecular complexity index is 555. The molecule has 0 aromatic heterocycles. The van der Waals surface area contributed by atoms with Crippen molar-refractivity contribution in [3.05, 3.63) is 29.3 Å². The van der Waals surface area contributed by atoms with Gasteiger partial charge in [0.2, 0.25) is 10.0 Å². The molecule has 0 aliphatic carbocycles. The van der Waals surface area contributed by atoms with Gasteiger partial charge < -0.3 is 5.32 Å². The highest BCUT2D eigenvalue weighted by molar-refractivity contribution is 7.92. The van der Waals surface area contributed by atoms with Gasteiger partial charge in [-0.3, -0.25) is 4.31 Å². The molecule has 106 valence electrons. The van der Waals surface area contributed by atoms with Crippen molar-refractivity contribution >= 4 is 15.7 Å². The van der Waals surface area contributed by atoms with Gasteiger partial charge in [0.1, 0.15) is 0 Å². The summed E-state index contributed by atoms with van der Waals surface area (Å²) in [6.45, 7) is 5.84. The normalized spacial score (nSPS) is 16.5. The fraction of sp³-hybridized carbons (Fsp3) is 0.571. The lowest BCUT2D eigenvalue weighted by atomic mass is 10.0. The lowest BCUT2D eigenvalue weighted by molar-refractivity contribution is 0.570. The van der Waals surface area contributed by atoms with E-state index in [4.69, 9.17) is 0 Å². The quantitative estimate of drug-likeness (QED) is 0.899. The molecule has 0 spiro atoms. The van der Waals surface area contributed by atoms with Crippen LogP contribution in [0.3, 0.4) is 0 Å². The van der Waals surface area contributed by atoms with Crippen molar-refractivity contribution in [3.8, 4) is 0 Å². The van der Waals surface area contributed by atoms with Crippen LogP contribution >= 0.6 is 0 Å². The first-order chi connectivity index (χ1) is 8.93. The Balaban J connectivity index is 2.23. The molecule has 0 saturated carbocycles. The van der Waals surface area contributed by atoms with Crippen molar-refractivity contribution in [1.29, 1.82) is 0 Å². The molecule has 1 aliphatic heterocycles. The fourth-order valence-corrected chi connectivity index (χ4v) is 3.44. The maximum absolute atomic E-state index is 11.7. The average molecular weight is 282 g/mol. The molecular formula is C14H22N2O2S. The number of anilines is 1. The second kappa shape index (κ2) is 5.51. The second-order valence-corrected chi connectivity index (χ2v) is 7.06. The first-order valence-corrected chi connectivity index (χ1v) is 8.62. The minimum absolute atomic E-state index is 0.303. The van der Waals surface area contributed by atoms with Crippen LogP contribution in [0.4, 0.5) is 5.69 Å². The Morgan fingerprint density at radius 1 is 1.42 bits per heavy atom. The van der Waals surface area contributed by atoms with Crippen LogP contribution < -0.4 is 9.62 Å². The maximum atomic E-state index is 11.7. The third kappa shape index (κ3) is 3.09. The van der Waals surface area contributed by atoms with E-state index >= 15 is 0 Å². The van der Waals surface area contributed by atoms with Crippen molar-refractivity contribution in [2.75, 3.05) is 23.7 Å². The molecule has 2 rings (SSSR count). The molecule has 1 unspecified atom stereocenters. The Labute approximate surface area is 115 Å². The molecule has 5 heteroatoms. The monoisotopic (exact) mass is 282 g/mol. The zero-order valence-electron chi connectivity index (χ0n) is 11.8. The lowest BCUT2D eigenvalue weighted by Crippen LogP contribution is -2.27. The molecule has 4 nitrogen and oxygen atoms in total. The van der Waals surface area contributed by atoms with E-state index in [1.807, 2.05) is 12.1 Å². The number of hydrogen-bond donors (Lipinski definition) is 1. The number of fused-ring (bicyclic) bond motifs is 1. The molecule has 0 saturated heterocycles. The number of rotatable bonds is 5. The van der Waals surface area contributed by atoms with Gasteiger partial charge in [0, 0.05) is 12.6 Å². The molecule has 1 heterocycles.